The van der Waals surface area contributed by atoms with Gasteiger partial charge in [-0.25, -0.2) is 19.7 Å². The maximum absolute atomic E-state index is 14.2. The van der Waals surface area contributed by atoms with Crippen LogP contribution in [0.4, 0.5) is 36.8 Å². The first kappa shape index (κ1) is 38.0. The number of esters is 1. The Bertz CT molecular complexity index is 1860. The molecular formula is C36H35F6N5O5. The quantitative estimate of drug-likeness (QED) is 0.130. The number of anilines is 1. The van der Waals surface area contributed by atoms with E-state index in [4.69, 9.17) is 19.9 Å². The van der Waals surface area contributed by atoms with Crippen molar-refractivity contribution >= 4 is 17.7 Å². The third-order valence-corrected chi connectivity index (χ3v) is 8.73. The van der Waals surface area contributed by atoms with Crippen molar-refractivity contribution in [2.24, 2.45) is 5.73 Å². The van der Waals surface area contributed by atoms with Gasteiger partial charge in [0.05, 0.1) is 54.2 Å². The molecule has 0 saturated heterocycles. The van der Waals surface area contributed by atoms with Gasteiger partial charge in [-0.15, -0.1) is 0 Å². The van der Waals surface area contributed by atoms with Crippen LogP contribution in [-0.4, -0.2) is 46.4 Å². The molecule has 276 valence electrons. The number of methoxy groups -OCH3 is 1. The first-order chi connectivity index (χ1) is 24.6. The predicted octanol–water partition coefficient (Wildman–Crippen LogP) is 7.55. The Labute approximate surface area is 294 Å². The van der Waals surface area contributed by atoms with E-state index in [-0.39, 0.29) is 67.2 Å². The molecule has 0 fully saturated rings. The summed E-state index contributed by atoms with van der Waals surface area (Å²) in [5, 5.41) is 0. The number of hydrogen-bond acceptors (Lipinski definition) is 9. The van der Waals surface area contributed by atoms with Gasteiger partial charge in [-0.2, -0.15) is 26.3 Å². The molecule has 1 aliphatic heterocycles. The highest BCUT2D eigenvalue weighted by Crippen LogP contribution is 2.51. The summed E-state index contributed by atoms with van der Waals surface area (Å²) in [4.78, 5) is 40.4. The number of carbonyl (C=O) groups is 2. The number of aromatic nitrogens is 3. The van der Waals surface area contributed by atoms with Gasteiger partial charge in [0, 0.05) is 24.4 Å². The van der Waals surface area contributed by atoms with Gasteiger partial charge in [-0.1, -0.05) is 37.3 Å². The van der Waals surface area contributed by atoms with Crippen molar-refractivity contribution in [1.82, 2.24) is 15.0 Å². The summed E-state index contributed by atoms with van der Waals surface area (Å²) in [6, 6.07) is 13.1. The molecular weight excluding hydrogens is 696 g/mol. The van der Waals surface area contributed by atoms with Crippen molar-refractivity contribution in [3.8, 4) is 5.88 Å². The van der Waals surface area contributed by atoms with Gasteiger partial charge in [-0.3, -0.25) is 9.69 Å². The van der Waals surface area contributed by atoms with E-state index in [1.807, 2.05) is 6.07 Å². The summed E-state index contributed by atoms with van der Waals surface area (Å²) in [5.74, 6) is -3.28. The lowest BCUT2D eigenvalue weighted by atomic mass is 9.73. The van der Waals surface area contributed by atoms with Gasteiger partial charge in [0.1, 0.15) is 12.4 Å². The van der Waals surface area contributed by atoms with Crippen LogP contribution in [0, 0.1) is 0 Å². The van der Waals surface area contributed by atoms with Gasteiger partial charge < -0.3 is 19.9 Å². The Morgan fingerprint density at radius 1 is 0.923 bits per heavy atom. The number of hydrogen-bond donors (Lipinski definition) is 1. The molecule has 0 spiro atoms. The van der Waals surface area contributed by atoms with Gasteiger partial charge >= 0.3 is 24.4 Å². The van der Waals surface area contributed by atoms with E-state index in [2.05, 4.69) is 15.0 Å². The van der Waals surface area contributed by atoms with Crippen molar-refractivity contribution < 1.29 is 50.1 Å². The highest BCUT2D eigenvalue weighted by atomic mass is 19.4. The van der Waals surface area contributed by atoms with E-state index >= 15 is 0 Å². The number of benzene rings is 2. The third-order valence-electron chi connectivity index (χ3n) is 8.73. The number of ether oxygens (including phenoxy) is 3. The number of fused-ring (bicyclic) bond motifs is 1. The van der Waals surface area contributed by atoms with Crippen LogP contribution in [0.2, 0.25) is 0 Å². The summed E-state index contributed by atoms with van der Waals surface area (Å²) < 4.78 is 101. The lowest BCUT2D eigenvalue weighted by molar-refractivity contribution is -0.144. The van der Waals surface area contributed by atoms with E-state index in [0.29, 0.717) is 12.1 Å². The predicted molar refractivity (Wildman–Crippen MR) is 175 cm³/mol. The van der Waals surface area contributed by atoms with Crippen molar-refractivity contribution in [3.63, 3.8) is 0 Å². The monoisotopic (exact) mass is 731 g/mol. The molecule has 0 saturated carbocycles. The maximum atomic E-state index is 14.2. The fraction of sp³-hybridized carbons (Fsp3) is 0.361. The van der Waals surface area contributed by atoms with Crippen molar-refractivity contribution in [3.05, 3.63) is 112 Å². The maximum Gasteiger partial charge on any atom is 0.416 e. The Morgan fingerprint density at radius 3 is 2.12 bits per heavy atom. The summed E-state index contributed by atoms with van der Waals surface area (Å²) in [6.45, 7) is 3.27. The first-order valence-electron chi connectivity index (χ1n) is 16.2. The van der Waals surface area contributed by atoms with E-state index in [0.717, 1.165) is 5.56 Å². The number of rotatable bonds is 10. The van der Waals surface area contributed by atoms with Crippen molar-refractivity contribution in [1.29, 1.82) is 0 Å². The Balaban J connectivity index is 1.66. The summed E-state index contributed by atoms with van der Waals surface area (Å²) in [7, 11) is 1.32. The summed E-state index contributed by atoms with van der Waals surface area (Å²) in [6.07, 6.45) is -9.01. The molecule has 0 bridgehead atoms. The fourth-order valence-electron chi connectivity index (χ4n) is 6.17. The summed E-state index contributed by atoms with van der Waals surface area (Å²) in [5.41, 5.74) is 3.03. The second kappa shape index (κ2) is 15.2. The standard InChI is InChI=1S/C36H35F6N5O5/c1-4-34(43)17-26(31-27(11-12-28(46-31)50-3)47(34)33(49)51-5-2)30(23-14-24(35(37,38)39)16-25(15-23)36(40,41)42)32-44-18-22(19-45-32)13-29(48)52-20-21-9-7-6-8-10-21/h6-12,14-16,18-19,26,30H,4-5,13,17,20,43H2,1-3H3/t26-,30?,34+/m0/s1. The number of alkyl halides is 6. The molecule has 2 N–H and O–H groups in total. The van der Waals surface area contributed by atoms with Crippen LogP contribution < -0.4 is 15.4 Å². The average Bonchev–Trinajstić information content (AvgIpc) is 3.11. The average molecular weight is 732 g/mol. The number of nitrogens with zero attached hydrogens (tertiary/aromatic N) is 4. The third kappa shape index (κ3) is 8.27. The van der Waals surface area contributed by atoms with Crippen LogP contribution in [-0.2, 0) is 39.6 Å². The molecule has 4 aromatic rings. The zero-order chi connectivity index (χ0) is 37.8. The normalized spacial score (nSPS) is 18.0. The number of amides is 1. The molecule has 3 heterocycles. The number of nitrogens with two attached hydrogens (primary N) is 1. The van der Waals surface area contributed by atoms with Crippen LogP contribution in [0.5, 0.6) is 5.88 Å². The van der Waals surface area contributed by atoms with Crippen LogP contribution in [0.1, 0.15) is 77.9 Å². The number of carbonyl (C=O) groups excluding carboxylic acids is 2. The number of halogens is 6. The molecule has 1 aliphatic rings. The van der Waals surface area contributed by atoms with Crippen LogP contribution in [0.3, 0.4) is 0 Å². The van der Waals surface area contributed by atoms with Gasteiger partial charge in [0.15, 0.2) is 0 Å². The molecule has 5 rings (SSSR count). The molecule has 1 unspecified atom stereocenters. The van der Waals surface area contributed by atoms with Crippen LogP contribution in [0.15, 0.2) is 73.1 Å². The second-order valence-electron chi connectivity index (χ2n) is 12.1. The van der Waals surface area contributed by atoms with Gasteiger partial charge in [0.25, 0.3) is 0 Å². The van der Waals surface area contributed by atoms with E-state index in [1.54, 1.807) is 38.1 Å². The second-order valence-corrected chi connectivity index (χ2v) is 12.1. The van der Waals surface area contributed by atoms with E-state index in [1.165, 1.54) is 36.5 Å². The molecule has 10 nitrogen and oxygen atoms in total. The highest BCUT2D eigenvalue weighted by Gasteiger charge is 2.49. The Hall–Kier alpha value is -5.25. The smallest absolute Gasteiger partial charge is 0.416 e. The molecule has 3 atom stereocenters. The molecule has 0 aliphatic carbocycles. The van der Waals surface area contributed by atoms with E-state index in [9.17, 15) is 35.9 Å². The molecule has 16 heteroatoms. The lowest BCUT2D eigenvalue weighted by Crippen LogP contribution is -2.62. The van der Waals surface area contributed by atoms with E-state index < -0.39 is 58.6 Å². The topological polar surface area (TPSA) is 130 Å². The van der Waals surface area contributed by atoms with Gasteiger partial charge in [0.2, 0.25) is 5.88 Å². The van der Waals surface area contributed by atoms with Crippen molar-refractivity contribution in [2.45, 2.75) is 69.6 Å². The minimum absolute atomic E-state index is 0.00939. The minimum atomic E-state index is -5.15. The largest absolute Gasteiger partial charge is 0.481 e. The zero-order valence-electron chi connectivity index (χ0n) is 28.3. The number of pyridine rings is 1. The summed E-state index contributed by atoms with van der Waals surface area (Å²) >= 11 is 0. The minimum Gasteiger partial charge on any atom is -0.481 e. The van der Waals surface area contributed by atoms with Crippen LogP contribution >= 0.6 is 0 Å². The Kier molecular flexibility index (Phi) is 11.1. The Morgan fingerprint density at radius 2 is 1.56 bits per heavy atom. The first-order valence-corrected chi connectivity index (χ1v) is 16.2. The van der Waals surface area contributed by atoms with Gasteiger partial charge in [-0.05, 0) is 60.7 Å². The molecule has 52 heavy (non-hydrogen) atoms. The molecule has 2 aromatic heterocycles. The van der Waals surface area contributed by atoms with Crippen molar-refractivity contribution in [2.75, 3.05) is 18.6 Å². The fourth-order valence-corrected chi connectivity index (χ4v) is 6.17. The van der Waals surface area contributed by atoms with Crippen LogP contribution in [0.25, 0.3) is 0 Å². The molecule has 0 radical (unpaired) electrons. The molecule has 1 amide bonds. The lowest BCUT2D eigenvalue weighted by Gasteiger charge is -2.47. The zero-order valence-corrected chi connectivity index (χ0v) is 28.3. The molecule has 2 aromatic carbocycles. The highest BCUT2D eigenvalue weighted by molar-refractivity contribution is 5.91. The SMILES string of the molecule is CCOC(=O)N1c2ccc(OC)nc2[C@H](C(c2cc(C(F)(F)F)cc(C(F)(F)F)c2)c2ncc(CC(=O)OCc3ccccc3)cn2)C[C@@]1(N)CC.